The molecule has 3 rings (SSSR count). The van der Waals surface area contributed by atoms with E-state index in [1.54, 1.807) is 0 Å². The van der Waals surface area contributed by atoms with Crippen molar-refractivity contribution in [1.29, 1.82) is 0 Å². The zero-order valence-corrected chi connectivity index (χ0v) is 10.5. The molecular formula is C12H20N4O2. The summed E-state index contributed by atoms with van der Waals surface area (Å²) in [5, 5.41) is 6.75. The number of nitrogens with two attached hydrogens (primary N) is 1. The SMILES string of the molecule is NC(c1ncn[nH]1)C1CCOC2(CCOCC2)C1. The molecule has 1 aromatic heterocycles. The molecule has 0 bridgehead atoms. The van der Waals surface area contributed by atoms with Crippen LogP contribution < -0.4 is 5.73 Å². The van der Waals surface area contributed by atoms with Crippen molar-refractivity contribution in [3.63, 3.8) is 0 Å². The first kappa shape index (κ1) is 12.1. The summed E-state index contributed by atoms with van der Waals surface area (Å²) in [7, 11) is 0. The van der Waals surface area contributed by atoms with Crippen LogP contribution in [0.25, 0.3) is 0 Å². The van der Waals surface area contributed by atoms with E-state index in [2.05, 4.69) is 15.2 Å². The van der Waals surface area contributed by atoms with Crippen molar-refractivity contribution in [3.8, 4) is 0 Å². The van der Waals surface area contributed by atoms with E-state index in [1.807, 2.05) is 0 Å². The van der Waals surface area contributed by atoms with Crippen LogP contribution in [-0.2, 0) is 9.47 Å². The molecule has 6 nitrogen and oxygen atoms in total. The van der Waals surface area contributed by atoms with Gasteiger partial charge >= 0.3 is 0 Å². The molecule has 2 saturated heterocycles. The molecule has 2 atom stereocenters. The Balaban J connectivity index is 1.70. The second-order valence-electron chi connectivity index (χ2n) is 5.29. The molecule has 18 heavy (non-hydrogen) atoms. The number of ether oxygens (including phenoxy) is 2. The molecule has 0 aliphatic carbocycles. The van der Waals surface area contributed by atoms with Gasteiger partial charge in [0.05, 0.1) is 11.6 Å². The van der Waals surface area contributed by atoms with Crippen LogP contribution >= 0.6 is 0 Å². The number of hydrogen-bond acceptors (Lipinski definition) is 5. The number of aromatic amines is 1. The van der Waals surface area contributed by atoms with Gasteiger partial charge in [-0.25, -0.2) is 4.98 Å². The van der Waals surface area contributed by atoms with Crippen LogP contribution in [0.2, 0.25) is 0 Å². The van der Waals surface area contributed by atoms with E-state index in [-0.39, 0.29) is 11.6 Å². The fourth-order valence-electron chi connectivity index (χ4n) is 3.06. The minimum Gasteiger partial charge on any atom is -0.381 e. The molecule has 6 heteroatoms. The predicted octanol–water partition coefficient (Wildman–Crippen LogP) is 0.780. The van der Waals surface area contributed by atoms with Crippen molar-refractivity contribution in [2.24, 2.45) is 11.7 Å². The van der Waals surface area contributed by atoms with E-state index in [0.29, 0.717) is 5.92 Å². The highest BCUT2D eigenvalue weighted by molar-refractivity contribution is 4.98. The highest BCUT2D eigenvalue weighted by atomic mass is 16.5. The zero-order valence-electron chi connectivity index (χ0n) is 10.5. The van der Waals surface area contributed by atoms with Crippen molar-refractivity contribution in [3.05, 3.63) is 12.2 Å². The molecule has 3 N–H and O–H groups in total. The Bertz CT molecular complexity index is 370. The second-order valence-corrected chi connectivity index (χ2v) is 5.29. The second kappa shape index (κ2) is 4.95. The molecule has 0 aromatic carbocycles. The molecule has 2 aliphatic heterocycles. The molecule has 3 heterocycles. The van der Waals surface area contributed by atoms with Gasteiger partial charge in [0.25, 0.3) is 0 Å². The van der Waals surface area contributed by atoms with E-state index in [9.17, 15) is 0 Å². The summed E-state index contributed by atoms with van der Waals surface area (Å²) in [5.74, 6) is 1.19. The molecule has 1 aromatic rings. The number of rotatable bonds is 2. The van der Waals surface area contributed by atoms with E-state index in [4.69, 9.17) is 15.2 Å². The van der Waals surface area contributed by atoms with Gasteiger partial charge in [0.2, 0.25) is 0 Å². The van der Waals surface area contributed by atoms with Gasteiger partial charge in [-0.15, -0.1) is 0 Å². The lowest BCUT2D eigenvalue weighted by molar-refractivity contribution is -0.149. The van der Waals surface area contributed by atoms with Gasteiger partial charge in [0.1, 0.15) is 12.2 Å². The molecule has 100 valence electrons. The summed E-state index contributed by atoms with van der Waals surface area (Å²) in [6.45, 7) is 2.38. The molecule has 2 unspecified atom stereocenters. The van der Waals surface area contributed by atoms with E-state index >= 15 is 0 Å². The highest BCUT2D eigenvalue weighted by Gasteiger charge is 2.41. The van der Waals surface area contributed by atoms with Gasteiger partial charge in [0.15, 0.2) is 0 Å². The average molecular weight is 252 g/mol. The number of H-pyrrole nitrogens is 1. The van der Waals surface area contributed by atoms with E-state index < -0.39 is 0 Å². The Labute approximate surface area is 106 Å². The van der Waals surface area contributed by atoms with Crippen LogP contribution in [0, 0.1) is 5.92 Å². The van der Waals surface area contributed by atoms with Gasteiger partial charge in [-0.2, -0.15) is 5.10 Å². The van der Waals surface area contributed by atoms with Crippen LogP contribution in [0.1, 0.15) is 37.5 Å². The first-order valence-corrected chi connectivity index (χ1v) is 6.62. The van der Waals surface area contributed by atoms with E-state index in [0.717, 1.165) is 51.3 Å². The molecule has 0 saturated carbocycles. The molecular weight excluding hydrogens is 232 g/mol. The van der Waals surface area contributed by atoms with Crippen LogP contribution in [0.5, 0.6) is 0 Å². The third-order valence-corrected chi connectivity index (χ3v) is 4.19. The van der Waals surface area contributed by atoms with Crippen LogP contribution in [-0.4, -0.2) is 40.6 Å². The van der Waals surface area contributed by atoms with Crippen molar-refractivity contribution in [2.45, 2.75) is 37.3 Å². The maximum atomic E-state index is 6.28. The average Bonchev–Trinajstić information content (AvgIpc) is 2.93. The van der Waals surface area contributed by atoms with Gasteiger partial charge in [0, 0.05) is 19.8 Å². The summed E-state index contributed by atoms with van der Waals surface area (Å²) in [4.78, 5) is 4.17. The normalized spacial score (nSPS) is 29.3. The van der Waals surface area contributed by atoms with Gasteiger partial charge in [-0.05, 0) is 31.6 Å². The Morgan fingerprint density at radius 1 is 1.39 bits per heavy atom. The first-order valence-electron chi connectivity index (χ1n) is 6.62. The highest BCUT2D eigenvalue weighted by Crippen LogP contribution is 2.40. The standard InChI is InChI=1S/C12H20N4O2/c13-10(11-14-8-15-16-11)9-1-4-18-12(7-9)2-5-17-6-3-12/h8-10H,1-7,13H2,(H,14,15,16). The zero-order chi connectivity index (χ0) is 12.4. The molecule has 2 fully saturated rings. The molecule has 0 amide bonds. The number of nitrogens with zero attached hydrogens (tertiary/aromatic N) is 2. The van der Waals surface area contributed by atoms with Crippen molar-refractivity contribution in [2.75, 3.05) is 19.8 Å². The number of hydrogen-bond donors (Lipinski definition) is 2. The molecule has 1 spiro atoms. The van der Waals surface area contributed by atoms with Crippen molar-refractivity contribution < 1.29 is 9.47 Å². The summed E-state index contributed by atoms with van der Waals surface area (Å²) in [6, 6.07) is -0.0730. The Morgan fingerprint density at radius 2 is 2.22 bits per heavy atom. The summed E-state index contributed by atoms with van der Waals surface area (Å²) < 4.78 is 11.4. The summed E-state index contributed by atoms with van der Waals surface area (Å²) in [6.07, 6.45) is 5.46. The molecule has 2 aliphatic rings. The molecule has 0 radical (unpaired) electrons. The third-order valence-electron chi connectivity index (χ3n) is 4.19. The fraction of sp³-hybridized carbons (Fsp3) is 0.833. The van der Waals surface area contributed by atoms with Crippen LogP contribution in [0.3, 0.4) is 0 Å². The lowest BCUT2D eigenvalue weighted by Crippen LogP contribution is -2.46. The van der Waals surface area contributed by atoms with Gasteiger partial charge < -0.3 is 15.2 Å². The lowest BCUT2D eigenvalue weighted by Gasteiger charge is -2.44. The quantitative estimate of drug-likeness (QED) is 0.812. The third kappa shape index (κ3) is 2.28. The Hall–Kier alpha value is -0.980. The largest absolute Gasteiger partial charge is 0.381 e. The minimum absolute atomic E-state index is 0.0151. The van der Waals surface area contributed by atoms with Crippen molar-refractivity contribution >= 4 is 0 Å². The number of aromatic nitrogens is 3. The summed E-state index contributed by atoms with van der Waals surface area (Å²) in [5.41, 5.74) is 6.27. The van der Waals surface area contributed by atoms with Crippen LogP contribution in [0.4, 0.5) is 0 Å². The Kier molecular flexibility index (Phi) is 3.32. The maximum Gasteiger partial charge on any atom is 0.141 e. The monoisotopic (exact) mass is 252 g/mol. The summed E-state index contributed by atoms with van der Waals surface area (Å²) >= 11 is 0. The van der Waals surface area contributed by atoms with Gasteiger partial charge in [-0.3, -0.25) is 5.10 Å². The first-order chi connectivity index (χ1) is 8.79. The minimum atomic E-state index is -0.0730. The number of nitrogens with one attached hydrogen (secondary N) is 1. The predicted molar refractivity (Wildman–Crippen MR) is 64.8 cm³/mol. The topological polar surface area (TPSA) is 86.1 Å². The van der Waals surface area contributed by atoms with Crippen LogP contribution in [0.15, 0.2) is 6.33 Å². The van der Waals surface area contributed by atoms with E-state index in [1.165, 1.54) is 6.33 Å². The maximum absolute atomic E-state index is 6.28. The van der Waals surface area contributed by atoms with Crippen molar-refractivity contribution in [1.82, 2.24) is 15.2 Å². The van der Waals surface area contributed by atoms with Gasteiger partial charge in [-0.1, -0.05) is 0 Å². The fourth-order valence-corrected chi connectivity index (χ4v) is 3.06. The Morgan fingerprint density at radius 3 is 2.94 bits per heavy atom. The lowest BCUT2D eigenvalue weighted by atomic mass is 9.78. The smallest absolute Gasteiger partial charge is 0.141 e.